The Balaban J connectivity index is 2.07. The number of nitrogens with one attached hydrogen (secondary N) is 1. The number of rotatable bonds is 4. The lowest BCUT2D eigenvalue weighted by Crippen LogP contribution is -2.31. The van der Waals surface area contributed by atoms with Gasteiger partial charge in [-0.05, 0) is 54.9 Å². The van der Waals surface area contributed by atoms with Crippen LogP contribution in [-0.4, -0.2) is 26.5 Å². The first-order valence-electron chi connectivity index (χ1n) is 6.32. The minimum atomic E-state index is -3.40. The summed E-state index contributed by atoms with van der Waals surface area (Å²) in [5.41, 5.74) is 0.773. The first kappa shape index (κ1) is 15.4. The van der Waals surface area contributed by atoms with Gasteiger partial charge >= 0.3 is 0 Å². The van der Waals surface area contributed by atoms with Gasteiger partial charge in [0.15, 0.2) is 0 Å². The second-order valence-electron chi connectivity index (χ2n) is 4.82. The summed E-state index contributed by atoms with van der Waals surface area (Å²) < 4.78 is 28.2. The average molecular weight is 364 g/mol. The molecule has 1 N–H and O–H groups in total. The minimum absolute atomic E-state index is 0.368. The second kappa shape index (κ2) is 6.61. The maximum atomic E-state index is 12.3. The van der Waals surface area contributed by atoms with E-state index in [4.69, 9.17) is 0 Å². The third kappa shape index (κ3) is 4.21. The topological polar surface area (TPSA) is 46.2 Å². The van der Waals surface area contributed by atoms with Gasteiger partial charge in [0, 0.05) is 11.0 Å². The third-order valence-electron chi connectivity index (χ3n) is 3.34. The quantitative estimate of drug-likeness (QED) is 0.893. The molecule has 6 heteroatoms. The first-order chi connectivity index (χ1) is 8.99. The first-order valence-corrected chi connectivity index (χ1v) is 9.76. The molecule has 0 amide bonds. The van der Waals surface area contributed by atoms with Crippen LogP contribution in [0.25, 0.3) is 0 Å². The third-order valence-corrected chi connectivity index (χ3v) is 6.45. The Morgan fingerprint density at radius 2 is 2.05 bits per heavy atom. The zero-order chi connectivity index (χ0) is 13.9. The summed E-state index contributed by atoms with van der Waals surface area (Å²) in [6.07, 6.45) is 2.20. The molecule has 1 aromatic rings. The van der Waals surface area contributed by atoms with Crippen molar-refractivity contribution < 1.29 is 8.42 Å². The van der Waals surface area contributed by atoms with E-state index in [0.29, 0.717) is 17.4 Å². The fraction of sp³-hybridized carbons (Fsp3) is 0.538. The van der Waals surface area contributed by atoms with Gasteiger partial charge in [-0.15, -0.1) is 0 Å². The highest BCUT2D eigenvalue weighted by Gasteiger charge is 2.20. The number of benzene rings is 1. The minimum Gasteiger partial charge on any atom is -0.211 e. The van der Waals surface area contributed by atoms with E-state index < -0.39 is 10.0 Å². The van der Waals surface area contributed by atoms with Crippen molar-refractivity contribution in [1.29, 1.82) is 0 Å². The van der Waals surface area contributed by atoms with Crippen LogP contribution in [0, 0.1) is 12.8 Å². The molecule has 19 heavy (non-hydrogen) atoms. The van der Waals surface area contributed by atoms with E-state index in [1.165, 1.54) is 0 Å². The Hall–Kier alpha value is -0.0400. The molecule has 1 saturated heterocycles. The van der Waals surface area contributed by atoms with Gasteiger partial charge in [-0.3, -0.25) is 0 Å². The largest absolute Gasteiger partial charge is 0.240 e. The van der Waals surface area contributed by atoms with Crippen LogP contribution >= 0.6 is 27.7 Å². The van der Waals surface area contributed by atoms with Crippen LogP contribution in [0.2, 0.25) is 0 Å². The summed E-state index contributed by atoms with van der Waals surface area (Å²) in [6.45, 7) is 2.37. The molecule has 0 atom stereocenters. The molecular formula is C13H18BrNO2S2. The molecule has 0 unspecified atom stereocenters. The molecule has 106 valence electrons. The number of hydrogen-bond donors (Lipinski definition) is 1. The molecule has 0 saturated carbocycles. The maximum Gasteiger partial charge on any atom is 0.240 e. The highest BCUT2D eigenvalue weighted by atomic mass is 79.9. The monoisotopic (exact) mass is 363 g/mol. The lowest BCUT2D eigenvalue weighted by Gasteiger charge is -2.21. The van der Waals surface area contributed by atoms with Crippen molar-refractivity contribution in [3.05, 3.63) is 28.2 Å². The van der Waals surface area contributed by atoms with E-state index in [9.17, 15) is 8.42 Å². The van der Waals surface area contributed by atoms with Gasteiger partial charge in [0.1, 0.15) is 0 Å². The Bertz CT molecular complexity index is 540. The van der Waals surface area contributed by atoms with Crippen molar-refractivity contribution in [2.75, 3.05) is 18.1 Å². The molecule has 0 radical (unpaired) electrons. The molecule has 1 heterocycles. The van der Waals surface area contributed by atoms with Gasteiger partial charge in [-0.2, -0.15) is 11.8 Å². The molecule has 1 aliphatic heterocycles. The maximum absolute atomic E-state index is 12.3. The number of halogens is 1. The van der Waals surface area contributed by atoms with Gasteiger partial charge in [0.2, 0.25) is 10.0 Å². The normalized spacial score (nSPS) is 17.6. The van der Waals surface area contributed by atoms with Gasteiger partial charge < -0.3 is 0 Å². The van der Waals surface area contributed by atoms with Gasteiger partial charge in [0.05, 0.1) is 4.90 Å². The fourth-order valence-corrected chi connectivity index (χ4v) is 5.22. The van der Waals surface area contributed by atoms with E-state index in [0.717, 1.165) is 34.4 Å². The molecule has 0 spiro atoms. The molecule has 0 aliphatic carbocycles. The number of thioether (sulfide) groups is 1. The molecular weight excluding hydrogens is 346 g/mol. The molecule has 1 fully saturated rings. The Morgan fingerprint density at radius 3 is 2.74 bits per heavy atom. The Morgan fingerprint density at radius 1 is 1.37 bits per heavy atom. The zero-order valence-corrected chi connectivity index (χ0v) is 14.1. The number of hydrogen-bond acceptors (Lipinski definition) is 3. The second-order valence-corrected chi connectivity index (χ2v) is 8.69. The molecule has 1 aliphatic rings. The summed E-state index contributed by atoms with van der Waals surface area (Å²) in [4.78, 5) is 0.368. The standard InChI is InChI=1S/C13H18BrNO2S2/c1-10-2-3-12(14)8-13(10)19(16,17)15-9-11-4-6-18-7-5-11/h2-3,8,11,15H,4-7,9H2,1H3. The predicted octanol–water partition coefficient (Wildman–Crippen LogP) is 3.18. The summed E-state index contributed by atoms with van der Waals surface area (Å²) in [5.74, 6) is 2.76. The van der Waals surface area contributed by atoms with Crippen LogP contribution < -0.4 is 4.72 Å². The zero-order valence-electron chi connectivity index (χ0n) is 10.9. The van der Waals surface area contributed by atoms with E-state index in [2.05, 4.69) is 20.7 Å². The molecule has 0 aromatic heterocycles. The Kier molecular flexibility index (Phi) is 5.34. The summed E-state index contributed by atoms with van der Waals surface area (Å²) in [7, 11) is -3.40. The fourth-order valence-electron chi connectivity index (χ4n) is 2.12. The lowest BCUT2D eigenvalue weighted by atomic mass is 10.0. The van der Waals surface area contributed by atoms with E-state index in [1.54, 1.807) is 6.07 Å². The molecule has 2 rings (SSSR count). The van der Waals surface area contributed by atoms with Crippen molar-refractivity contribution in [2.24, 2.45) is 5.92 Å². The highest BCUT2D eigenvalue weighted by molar-refractivity contribution is 9.10. The van der Waals surface area contributed by atoms with Gasteiger partial charge in [0.25, 0.3) is 0 Å². The number of aryl methyl sites for hydroxylation is 1. The van der Waals surface area contributed by atoms with Crippen LogP contribution in [0.4, 0.5) is 0 Å². The molecule has 1 aromatic carbocycles. The Labute approximate surface area is 127 Å². The average Bonchev–Trinajstić information content (AvgIpc) is 2.40. The van der Waals surface area contributed by atoms with E-state index in [-0.39, 0.29) is 0 Å². The van der Waals surface area contributed by atoms with E-state index >= 15 is 0 Å². The van der Waals surface area contributed by atoms with E-state index in [1.807, 2.05) is 30.8 Å². The van der Waals surface area contributed by atoms with Gasteiger partial charge in [-0.1, -0.05) is 22.0 Å². The van der Waals surface area contributed by atoms with Gasteiger partial charge in [-0.25, -0.2) is 13.1 Å². The summed E-state index contributed by atoms with van der Waals surface area (Å²) in [5, 5.41) is 0. The van der Waals surface area contributed by atoms with Crippen LogP contribution in [0.15, 0.2) is 27.6 Å². The van der Waals surface area contributed by atoms with Crippen molar-refractivity contribution in [2.45, 2.75) is 24.7 Å². The van der Waals surface area contributed by atoms with Crippen molar-refractivity contribution in [3.63, 3.8) is 0 Å². The number of sulfonamides is 1. The summed E-state index contributed by atoms with van der Waals surface area (Å²) >= 11 is 5.27. The SMILES string of the molecule is Cc1ccc(Br)cc1S(=O)(=O)NCC1CCSCC1. The highest BCUT2D eigenvalue weighted by Crippen LogP contribution is 2.24. The van der Waals surface area contributed by atoms with Crippen LogP contribution in [-0.2, 0) is 10.0 Å². The van der Waals surface area contributed by atoms with Crippen LogP contribution in [0.1, 0.15) is 18.4 Å². The predicted molar refractivity (Wildman–Crippen MR) is 84.1 cm³/mol. The molecule has 3 nitrogen and oxygen atoms in total. The van der Waals surface area contributed by atoms with Crippen molar-refractivity contribution in [1.82, 2.24) is 4.72 Å². The molecule has 0 bridgehead atoms. The lowest BCUT2D eigenvalue weighted by molar-refractivity contribution is 0.476. The van der Waals surface area contributed by atoms with Crippen LogP contribution in [0.5, 0.6) is 0 Å². The van der Waals surface area contributed by atoms with Crippen molar-refractivity contribution in [3.8, 4) is 0 Å². The van der Waals surface area contributed by atoms with Crippen LogP contribution in [0.3, 0.4) is 0 Å². The van der Waals surface area contributed by atoms with Crippen molar-refractivity contribution >= 4 is 37.7 Å². The summed E-state index contributed by atoms with van der Waals surface area (Å²) in [6, 6.07) is 5.33. The smallest absolute Gasteiger partial charge is 0.211 e.